The zero-order chi connectivity index (χ0) is 34.4. The molecule has 254 valence electrons. The van der Waals surface area contributed by atoms with Gasteiger partial charge in [-0.1, -0.05) is 84.9 Å². The van der Waals surface area contributed by atoms with Crippen molar-refractivity contribution in [1.82, 2.24) is 5.32 Å². The quantitative estimate of drug-likeness (QED) is 0.119. The molecular weight excluding hydrogens is 634 g/mol. The van der Waals surface area contributed by atoms with Gasteiger partial charge in [-0.05, 0) is 42.0 Å². The zero-order valence-corrected chi connectivity index (χ0v) is 26.3. The molecule has 1 fully saturated rings. The van der Waals surface area contributed by atoms with E-state index in [4.69, 9.17) is 28.4 Å². The third kappa shape index (κ3) is 9.97. The Morgan fingerprint density at radius 2 is 1.12 bits per heavy atom. The van der Waals surface area contributed by atoms with Gasteiger partial charge in [-0.15, -0.1) is 0 Å². The molecule has 0 radical (unpaired) electrons. The number of nitrogens with one attached hydrogen (secondary N) is 1. The third-order valence-corrected chi connectivity index (χ3v) is 7.38. The van der Waals surface area contributed by atoms with Crippen LogP contribution in [0.5, 0.6) is 0 Å². The Kier molecular flexibility index (Phi) is 12.5. The van der Waals surface area contributed by atoms with Crippen LogP contribution in [0, 0.1) is 0 Å². The van der Waals surface area contributed by atoms with Gasteiger partial charge in [0.2, 0.25) is 0 Å². The molecule has 12 heteroatoms. The fourth-order valence-electron chi connectivity index (χ4n) is 4.88. The molecule has 4 aromatic rings. The summed E-state index contributed by atoms with van der Waals surface area (Å²) in [5.41, 5.74) is 1.46. The van der Waals surface area contributed by atoms with E-state index in [-0.39, 0.29) is 36.4 Å². The maximum atomic E-state index is 13.1. The van der Waals surface area contributed by atoms with E-state index in [1.165, 1.54) is 24.3 Å². The summed E-state index contributed by atoms with van der Waals surface area (Å²) in [7, 11) is 0. The summed E-state index contributed by atoms with van der Waals surface area (Å²) in [6.45, 7) is -0.596. The van der Waals surface area contributed by atoms with Gasteiger partial charge in [0, 0.05) is 6.54 Å². The number of aliphatic hydroxyl groups excluding tert-OH is 1. The van der Waals surface area contributed by atoms with Crippen molar-refractivity contribution in [1.29, 1.82) is 0 Å². The number of esters is 3. The molecule has 1 aliphatic rings. The van der Waals surface area contributed by atoms with Crippen molar-refractivity contribution in [3.8, 4) is 0 Å². The fraction of sp³-hybridized carbons (Fsp3) is 0.243. The summed E-state index contributed by atoms with van der Waals surface area (Å²) in [4.78, 5) is 51.3. The highest BCUT2D eigenvalue weighted by Gasteiger charge is 2.50. The minimum absolute atomic E-state index is 0.0387. The van der Waals surface area contributed by atoms with E-state index in [9.17, 15) is 24.3 Å². The number of alkyl carbamates (subject to hydrolysis) is 1. The van der Waals surface area contributed by atoms with Gasteiger partial charge in [-0.2, -0.15) is 0 Å². The fourth-order valence-corrected chi connectivity index (χ4v) is 4.88. The molecule has 1 saturated heterocycles. The molecule has 1 aliphatic heterocycles. The molecule has 12 nitrogen and oxygen atoms in total. The van der Waals surface area contributed by atoms with Gasteiger partial charge in [0.25, 0.3) is 0 Å². The summed E-state index contributed by atoms with van der Waals surface area (Å²) >= 11 is 0. The minimum atomic E-state index is -1.69. The number of benzene rings is 4. The summed E-state index contributed by atoms with van der Waals surface area (Å²) < 4.78 is 34.0. The van der Waals surface area contributed by atoms with Crippen LogP contribution in [0.4, 0.5) is 4.79 Å². The largest absolute Gasteiger partial charge is 0.459 e. The average molecular weight is 670 g/mol. The third-order valence-electron chi connectivity index (χ3n) is 7.38. The van der Waals surface area contributed by atoms with Crippen LogP contribution in [0.3, 0.4) is 0 Å². The standard InChI is InChI=1S/C37H35NO11/c39-30-31(48-34(41)27-17-9-3-10-18-27)29(24-45-33(40)26-15-7-2-8-16-26)47-36(32(30)49-35(42)28-19-11-4-12-20-28)44-22-21-38-37(43)46-23-25-13-5-1-6-14-25/h1-20,29-32,36,39H,21-24H2,(H,38,43)/t29-,30+,31+,32-,36-/m1/s1. The van der Waals surface area contributed by atoms with Crippen LogP contribution in [0.2, 0.25) is 0 Å². The van der Waals surface area contributed by atoms with Gasteiger partial charge in [0.05, 0.1) is 23.3 Å². The summed E-state index contributed by atoms with van der Waals surface area (Å²) in [6.07, 6.45) is -8.04. The average Bonchev–Trinajstić information content (AvgIpc) is 3.15. The summed E-state index contributed by atoms with van der Waals surface area (Å²) in [5, 5.41) is 14.2. The Bertz CT molecular complexity index is 1650. The van der Waals surface area contributed by atoms with Crippen LogP contribution in [0.1, 0.15) is 36.6 Å². The second-order valence-electron chi connectivity index (χ2n) is 10.8. The van der Waals surface area contributed by atoms with Crippen LogP contribution < -0.4 is 5.32 Å². The number of aliphatic hydroxyl groups is 1. The predicted octanol–water partition coefficient (Wildman–Crippen LogP) is 4.32. The van der Waals surface area contributed by atoms with E-state index in [0.717, 1.165) is 5.56 Å². The molecule has 4 aromatic carbocycles. The van der Waals surface area contributed by atoms with E-state index in [1.54, 1.807) is 66.7 Å². The molecule has 0 bridgehead atoms. The number of ether oxygens (including phenoxy) is 6. The Morgan fingerprint density at radius 1 is 0.633 bits per heavy atom. The smallest absolute Gasteiger partial charge is 0.407 e. The first kappa shape index (κ1) is 34.8. The van der Waals surface area contributed by atoms with Gasteiger partial charge in [-0.3, -0.25) is 0 Å². The van der Waals surface area contributed by atoms with Gasteiger partial charge in [0.1, 0.15) is 25.4 Å². The van der Waals surface area contributed by atoms with Gasteiger partial charge in [-0.25, -0.2) is 19.2 Å². The maximum absolute atomic E-state index is 13.1. The number of hydrogen-bond donors (Lipinski definition) is 2. The van der Waals surface area contributed by atoms with Gasteiger partial charge >= 0.3 is 24.0 Å². The Balaban J connectivity index is 1.31. The molecule has 5 atom stereocenters. The molecule has 0 aromatic heterocycles. The molecule has 0 saturated carbocycles. The molecular formula is C37H35NO11. The van der Waals surface area contributed by atoms with Crippen LogP contribution in [-0.4, -0.2) is 79.6 Å². The van der Waals surface area contributed by atoms with Crippen molar-refractivity contribution in [2.24, 2.45) is 0 Å². The van der Waals surface area contributed by atoms with Gasteiger partial charge in [0.15, 0.2) is 18.5 Å². The van der Waals surface area contributed by atoms with E-state index < -0.39 is 61.3 Å². The first-order chi connectivity index (χ1) is 23.9. The SMILES string of the molecule is O=C(NCCO[C@@H]1O[C@H](COC(=O)c2ccccc2)[C@H](OC(=O)c2ccccc2)[C@H](O)[C@H]1OC(=O)c1ccccc1)OCc1ccccc1. The van der Waals surface area contributed by atoms with Crippen molar-refractivity contribution in [2.45, 2.75) is 37.3 Å². The first-order valence-electron chi connectivity index (χ1n) is 15.5. The lowest BCUT2D eigenvalue weighted by Gasteiger charge is -2.43. The van der Waals surface area contributed by atoms with E-state index >= 15 is 0 Å². The van der Waals surface area contributed by atoms with Crippen molar-refractivity contribution >= 4 is 24.0 Å². The van der Waals surface area contributed by atoms with Crippen LogP contribution in [0.25, 0.3) is 0 Å². The zero-order valence-electron chi connectivity index (χ0n) is 26.3. The highest BCUT2D eigenvalue weighted by Crippen LogP contribution is 2.29. The number of rotatable bonds is 13. The van der Waals surface area contributed by atoms with E-state index in [0.29, 0.717) is 0 Å². The predicted molar refractivity (Wildman–Crippen MR) is 173 cm³/mol. The van der Waals surface area contributed by atoms with E-state index in [1.807, 2.05) is 30.3 Å². The monoisotopic (exact) mass is 669 g/mol. The molecule has 0 unspecified atom stereocenters. The van der Waals surface area contributed by atoms with E-state index in [2.05, 4.69) is 5.32 Å². The molecule has 1 amide bonds. The molecule has 49 heavy (non-hydrogen) atoms. The minimum Gasteiger partial charge on any atom is -0.459 e. The molecule has 1 heterocycles. The Labute approximate surface area is 282 Å². The van der Waals surface area contributed by atoms with Crippen molar-refractivity contribution < 1.29 is 52.7 Å². The molecule has 2 N–H and O–H groups in total. The molecule has 5 rings (SSSR count). The Morgan fingerprint density at radius 3 is 1.67 bits per heavy atom. The number of carbonyl (C=O) groups is 4. The van der Waals surface area contributed by atoms with Crippen LogP contribution in [-0.2, 0) is 35.0 Å². The van der Waals surface area contributed by atoms with Crippen molar-refractivity contribution in [3.63, 3.8) is 0 Å². The lowest BCUT2D eigenvalue weighted by Crippen LogP contribution is -2.62. The highest BCUT2D eigenvalue weighted by atomic mass is 16.7. The maximum Gasteiger partial charge on any atom is 0.407 e. The number of carbonyl (C=O) groups excluding carboxylic acids is 4. The molecule has 0 spiro atoms. The Hall–Kier alpha value is -5.56. The van der Waals surface area contributed by atoms with Gasteiger partial charge < -0.3 is 38.8 Å². The lowest BCUT2D eigenvalue weighted by atomic mass is 9.98. The summed E-state index contributed by atoms with van der Waals surface area (Å²) in [5.74, 6) is -2.27. The van der Waals surface area contributed by atoms with Crippen molar-refractivity contribution in [2.75, 3.05) is 19.8 Å². The van der Waals surface area contributed by atoms with Crippen LogP contribution in [0.15, 0.2) is 121 Å². The van der Waals surface area contributed by atoms with Crippen LogP contribution >= 0.6 is 0 Å². The first-order valence-corrected chi connectivity index (χ1v) is 15.5. The normalized spacial score (nSPS) is 20.0. The second kappa shape index (κ2) is 17.6. The lowest BCUT2D eigenvalue weighted by molar-refractivity contribution is -0.298. The number of hydrogen-bond acceptors (Lipinski definition) is 11. The summed E-state index contributed by atoms with van der Waals surface area (Å²) in [6, 6.07) is 33.5. The molecule has 0 aliphatic carbocycles. The second-order valence-corrected chi connectivity index (χ2v) is 10.8. The topological polar surface area (TPSA) is 156 Å². The highest BCUT2D eigenvalue weighted by molar-refractivity contribution is 5.90. The van der Waals surface area contributed by atoms with Crippen molar-refractivity contribution in [3.05, 3.63) is 144 Å². The number of amides is 1.